The lowest BCUT2D eigenvalue weighted by Gasteiger charge is -2.45. The molecule has 2 aliphatic carbocycles. The van der Waals surface area contributed by atoms with Crippen molar-refractivity contribution in [2.75, 3.05) is 0 Å². The molecule has 0 heterocycles. The molecule has 0 aliphatic heterocycles. The molecule has 2 saturated carbocycles. The number of carbonyl (C=O) groups is 1. The van der Waals surface area contributed by atoms with E-state index in [0.29, 0.717) is 12.3 Å². The van der Waals surface area contributed by atoms with Crippen LogP contribution in [0.1, 0.15) is 110 Å². The summed E-state index contributed by atoms with van der Waals surface area (Å²) in [6, 6.07) is 2.40. The van der Waals surface area contributed by atoms with Crippen LogP contribution in [0.15, 0.2) is 0 Å². The second-order valence-corrected chi connectivity index (χ2v) is 8.73. The fourth-order valence-corrected chi connectivity index (χ4v) is 4.62. The SMILES string of the molecule is CCC1(C(O)CCC[C@H]2CC[C@@H](C#N)C2)CCC1.CCCCCCC(=O)O. The molecule has 156 valence electrons. The van der Waals surface area contributed by atoms with Crippen LogP contribution in [0.3, 0.4) is 0 Å². The van der Waals surface area contributed by atoms with Crippen LogP contribution in [0, 0.1) is 28.6 Å². The summed E-state index contributed by atoms with van der Waals surface area (Å²) in [5.41, 5.74) is 0.269. The van der Waals surface area contributed by atoms with Crippen LogP contribution in [-0.2, 0) is 4.79 Å². The van der Waals surface area contributed by atoms with Crippen molar-refractivity contribution in [2.45, 2.75) is 116 Å². The Morgan fingerprint density at radius 2 is 1.93 bits per heavy atom. The van der Waals surface area contributed by atoms with Gasteiger partial charge in [-0.25, -0.2) is 0 Å². The summed E-state index contributed by atoms with van der Waals surface area (Å²) in [5, 5.41) is 27.4. The predicted octanol–water partition coefficient (Wildman–Crippen LogP) is 6.08. The molecule has 0 aromatic heterocycles. The van der Waals surface area contributed by atoms with Crippen molar-refractivity contribution >= 4 is 5.97 Å². The Bertz CT molecular complexity index is 448. The van der Waals surface area contributed by atoms with Gasteiger partial charge in [0.2, 0.25) is 0 Å². The molecule has 2 N–H and O–H groups in total. The van der Waals surface area contributed by atoms with E-state index < -0.39 is 5.97 Å². The second-order valence-electron chi connectivity index (χ2n) is 8.73. The average Bonchev–Trinajstić information content (AvgIpc) is 3.07. The van der Waals surface area contributed by atoms with Crippen LogP contribution < -0.4 is 0 Å². The highest BCUT2D eigenvalue weighted by Crippen LogP contribution is 2.48. The van der Waals surface area contributed by atoms with Crippen molar-refractivity contribution in [1.82, 2.24) is 0 Å². The Morgan fingerprint density at radius 3 is 2.41 bits per heavy atom. The molecule has 0 amide bonds. The molecule has 27 heavy (non-hydrogen) atoms. The normalized spacial score (nSPS) is 24.2. The second kappa shape index (κ2) is 13.2. The van der Waals surface area contributed by atoms with Gasteiger partial charge in [0.15, 0.2) is 0 Å². The van der Waals surface area contributed by atoms with E-state index in [4.69, 9.17) is 10.4 Å². The zero-order chi connectivity index (χ0) is 20.1. The number of aliphatic hydroxyl groups excluding tert-OH is 1. The van der Waals surface area contributed by atoms with E-state index >= 15 is 0 Å². The van der Waals surface area contributed by atoms with Gasteiger partial charge in [0, 0.05) is 12.3 Å². The molecule has 1 unspecified atom stereocenters. The first kappa shape index (κ1) is 24.0. The summed E-state index contributed by atoms with van der Waals surface area (Å²) in [5.74, 6) is 0.389. The van der Waals surface area contributed by atoms with E-state index in [-0.39, 0.29) is 11.5 Å². The molecule has 0 radical (unpaired) electrons. The van der Waals surface area contributed by atoms with Crippen molar-refractivity contribution in [2.24, 2.45) is 17.3 Å². The highest BCUT2D eigenvalue weighted by Gasteiger charge is 2.41. The molecule has 2 fully saturated rings. The Kier molecular flexibility index (Phi) is 11.7. The van der Waals surface area contributed by atoms with Crippen molar-refractivity contribution in [1.29, 1.82) is 5.26 Å². The largest absolute Gasteiger partial charge is 0.481 e. The summed E-state index contributed by atoms with van der Waals surface area (Å²) in [6.07, 6.45) is 16.1. The molecule has 0 bridgehead atoms. The summed E-state index contributed by atoms with van der Waals surface area (Å²) < 4.78 is 0. The van der Waals surface area contributed by atoms with Crippen LogP contribution in [0.2, 0.25) is 0 Å². The van der Waals surface area contributed by atoms with Crippen molar-refractivity contribution < 1.29 is 15.0 Å². The Hall–Kier alpha value is -1.08. The van der Waals surface area contributed by atoms with E-state index in [1.54, 1.807) is 0 Å². The predicted molar refractivity (Wildman–Crippen MR) is 109 cm³/mol. The third kappa shape index (κ3) is 8.64. The van der Waals surface area contributed by atoms with Crippen LogP contribution in [-0.4, -0.2) is 22.3 Å². The number of nitrogens with zero attached hydrogens (tertiary/aromatic N) is 1. The van der Waals surface area contributed by atoms with Crippen LogP contribution in [0.25, 0.3) is 0 Å². The topological polar surface area (TPSA) is 81.3 Å². The smallest absolute Gasteiger partial charge is 0.303 e. The Morgan fingerprint density at radius 1 is 1.19 bits per heavy atom. The fourth-order valence-electron chi connectivity index (χ4n) is 4.62. The lowest BCUT2D eigenvalue weighted by molar-refractivity contribution is -0.137. The number of carboxylic acid groups (broad SMARTS) is 1. The average molecular weight is 380 g/mol. The standard InChI is InChI=1S/C16H27NO.C7H14O2/c1-2-16(9-4-10-16)15(18)6-3-5-13-7-8-14(11-13)12-17;1-2-3-4-5-6-7(8)9/h13-15,18H,2-11H2,1H3;2-6H2,1H3,(H,8,9)/t13-,14+,15?;/m0./s1. The summed E-state index contributed by atoms with van der Waals surface area (Å²) in [7, 11) is 0. The molecule has 4 heteroatoms. The number of aliphatic hydroxyl groups is 1. The zero-order valence-corrected chi connectivity index (χ0v) is 17.6. The molecule has 0 saturated heterocycles. The minimum absolute atomic E-state index is 0.0792. The maximum absolute atomic E-state index is 10.3. The molecular weight excluding hydrogens is 338 g/mol. The number of hydrogen-bond acceptors (Lipinski definition) is 3. The van der Waals surface area contributed by atoms with Crippen molar-refractivity contribution in [3.05, 3.63) is 0 Å². The molecule has 0 aromatic rings. The minimum atomic E-state index is -0.675. The van der Waals surface area contributed by atoms with Gasteiger partial charge in [0.1, 0.15) is 0 Å². The van der Waals surface area contributed by atoms with Gasteiger partial charge in [-0.3, -0.25) is 4.79 Å². The lowest BCUT2D eigenvalue weighted by atomic mass is 9.62. The highest BCUT2D eigenvalue weighted by molar-refractivity contribution is 5.66. The minimum Gasteiger partial charge on any atom is -0.481 e. The number of hydrogen-bond donors (Lipinski definition) is 2. The van der Waals surface area contributed by atoms with Gasteiger partial charge < -0.3 is 10.2 Å². The van der Waals surface area contributed by atoms with Crippen molar-refractivity contribution in [3.8, 4) is 6.07 Å². The van der Waals surface area contributed by atoms with Gasteiger partial charge in [-0.1, -0.05) is 52.4 Å². The van der Waals surface area contributed by atoms with E-state index in [1.807, 2.05) is 0 Å². The first-order valence-electron chi connectivity index (χ1n) is 11.3. The maximum atomic E-state index is 10.3. The molecule has 2 aliphatic rings. The number of carboxylic acids is 1. The summed E-state index contributed by atoms with van der Waals surface area (Å²) >= 11 is 0. The van der Waals surface area contributed by atoms with E-state index in [0.717, 1.165) is 57.3 Å². The maximum Gasteiger partial charge on any atom is 0.303 e. The lowest BCUT2D eigenvalue weighted by Crippen LogP contribution is -2.40. The zero-order valence-electron chi connectivity index (χ0n) is 17.6. The summed E-state index contributed by atoms with van der Waals surface area (Å²) in [6.45, 7) is 4.33. The molecular formula is C23H41NO3. The molecule has 0 spiro atoms. The molecule has 3 atom stereocenters. The monoisotopic (exact) mass is 379 g/mol. The Labute approximate surface area is 166 Å². The van der Waals surface area contributed by atoms with Gasteiger partial charge in [0.25, 0.3) is 0 Å². The van der Waals surface area contributed by atoms with Gasteiger partial charge >= 0.3 is 5.97 Å². The quantitative estimate of drug-likeness (QED) is 0.426. The Balaban J connectivity index is 0.000000345. The van der Waals surface area contributed by atoms with Crippen LogP contribution in [0.4, 0.5) is 0 Å². The third-order valence-corrected chi connectivity index (χ3v) is 6.82. The van der Waals surface area contributed by atoms with Crippen molar-refractivity contribution in [3.63, 3.8) is 0 Å². The van der Waals surface area contributed by atoms with Gasteiger partial charge in [-0.2, -0.15) is 5.26 Å². The molecule has 2 rings (SSSR count). The first-order valence-corrected chi connectivity index (χ1v) is 11.3. The van der Waals surface area contributed by atoms with Crippen LogP contribution >= 0.6 is 0 Å². The van der Waals surface area contributed by atoms with Gasteiger partial charge in [0.05, 0.1) is 12.2 Å². The van der Waals surface area contributed by atoms with E-state index in [9.17, 15) is 9.90 Å². The third-order valence-electron chi connectivity index (χ3n) is 6.82. The number of aliphatic carboxylic acids is 1. The van der Waals surface area contributed by atoms with Gasteiger partial charge in [-0.05, 0) is 62.7 Å². The van der Waals surface area contributed by atoms with Crippen LogP contribution in [0.5, 0.6) is 0 Å². The molecule has 0 aromatic carbocycles. The number of unbranched alkanes of at least 4 members (excludes halogenated alkanes) is 3. The van der Waals surface area contributed by atoms with E-state index in [2.05, 4.69) is 19.9 Å². The summed E-state index contributed by atoms with van der Waals surface area (Å²) in [4.78, 5) is 9.96. The molecule has 4 nitrogen and oxygen atoms in total. The van der Waals surface area contributed by atoms with Gasteiger partial charge in [-0.15, -0.1) is 0 Å². The van der Waals surface area contributed by atoms with E-state index in [1.165, 1.54) is 38.5 Å². The number of nitriles is 1. The first-order chi connectivity index (χ1) is 13.0. The fraction of sp³-hybridized carbons (Fsp3) is 0.913. The highest BCUT2D eigenvalue weighted by atomic mass is 16.4. The number of rotatable bonds is 11.